The fraction of sp³-hybridized carbons (Fsp3) is 0.529. The van der Waals surface area contributed by atoms with Crippen LogP contribution in [-0.2, 0) is 25.7 Å². The van der Waals surface area contributed by atoms with Gasteiger partial charge >= 0.3 is 5.97 Å². The molecule has 1 atom stereocenters. The lowest BCUT2D eigenvalue weighted by Crippen LogP contribution is -2.30. The first-order chi connectivity index (χ1) is 11.7. The van der Waals surface area contributed by atoms with Crippen molar-refractivity contribution in [1.29, 1.82) is 0 Å². The van der Waals surface area contributed by atoms with E-state index in [1.807, 2.05) is 0 Å². The number of halogens is 1. The fourth-order valence-corrected chi connectivity index (χ4v) is 2.16. The number of benzene rings is 1. The molecule has 1 fully saturated rings. The van der Waals surface area contributed by atoms with E-state index in [0.29, 0.717) is 5.56 Å². The predicted molar refractivity (Wildman–Crippen MR) is 87.3 cm³/mol. The topological polar surface area (TPSA) is 80.6 Å². The number of carbonyl (C=O) groups excluding carboxylic acids is 2. The Kier molecular flexibility index (Phi) is 5.84. The molecule has 8 heteroatoms. The van der Waals surface area contributed by atoms with E-state index in [1.54, 1.807) is 33.8 Å². The Morgan fingerprint density at radius 2 is 2.20 bits per heavy atom. The minimum absolute atomic E-state index is 0.0186. The van der Waals surface area contributed by atoms with Crippen LogP contribution in [0.15, 0.2) is 28.4 Å². The lowest BCUT2D eigenvalue weighted by Gasteiger charge is -2.16. The zero-order valence-electron chi connectivity index (χ0n) is 14.8. The number of carbonyl (C=O) groups is 2. The van der Waals surface area contributed by atoms with Gasteiger partial charge in [-0.3, -0.25) is 9.63 Å². The number of hydroxylamine groups is 2. The summed E-state index contributed by atoms with van der Waals surface area (Å²) < 4.78 is 19.1. The summed E-state index contributed by atoms with van der Waals surface area (Å²) in [5, 5.41) is 8.84. The second-order valence-electron chi connectivity index (χ2n) is 6.42. The molecule has 1 heterocycles. The quantitative estimate of drug-likeness (QED) is 0.582. The summed E-state index contributed by atoms with van der Waals surface area (Å²) in [6.07, 6.45) is 0. The fourth-order valence-electron chi connectivity index (χ4n) is 2.16. The van der Waals surface area contributed by atoms with Gasteiger partial charge in [0.05, 0.1) is 30.9 Å². The molecule has 0 bridgehead atoms. The van der Waals surface area contributed by atoms with Crippen LogP contribution in [-0.4, -0.2) is 36.2 Å². The minimum atomic E-state index is -0.763. The first-order valence-corrected chi connectivity index (χ1v) is 8.05. The molecule has 1 aliphatic heterocycles. The van der Waals surface area contributed by atoms with Crippen LogP contribution in [0, 0.1) is 11.2 Å². The van der Waals surface area contributed by atoms with Gasteiger partial charge in [0.15, 0.2) is 6.04 Å². The molecule has 0 N–H and O–H groups in total. The number of azo groups is 1. The first kappa shape index (κ1) is 19.0. The van der Waals surface area contributed by atoms with Crippen molar-refractivity contribution in [1.82, 2.24) is 5.06 Å². The number of hydrogen-bond donors (Lipinski definition) is 0. The Morgan fingerprint density at radius 1 is 1.48 bits per heavy atom. The molecule has 25 heavy (non-hydrogen) atoms. The van der Waals surface area contributed by atoms with Gasteiger partial charge in [0.2, 0.25) is 0 Å². The minimum Gasteiger partial charge on any atom is -0.464 e. The van der Waals surface area contributed by atoms with E-state index in [4.69, 9.17) is 9.57 Å². The number of rotatable bonds is 6. The average molecular weight is 351 g/mol. The highest BCUT2D eigenvalue weighted by atomic mass is 19.1. The van der Waals surface area contributed by atoms with Gasteiger partial charge in [0.1, 0.15) is 5.82 Å². The monoisotopic (exact) mass is 351 g/mol. The summed E-state index contributed by atoms with van der Waals surface area (Å²) in [6.45, 7) is 7.35. The van der Waals surface area contributed by atoms with Crippen LogP contribution in [0.1, 0.15) is 33.3 Å². The largest absolute Gasteiger partial charge is 0.464 e. The summed E-state index contributed by atoms with van der Waals surface area (Å²) in [5.41, 5.74) is -0.0248. The van der Waals surface area contributed by atoms with E-state index in [1.165, 1.54) is 17.2 Å². The third-order valence-corrected chi connectivity index (χ3v) is 3.71. The number of ether oxygens (including phenoxy) is 1. The molecule has 1 aromatic carbocycles. The number of hydrogen-bond acceptors (Lipinski definition) is 6. The van der Waals surface area contributed by atoms with Gasteiger partial charge < -0.3 is 4.74 Å². The molecule has 1 saturated heterocycles. The molecule has 1 aromatic rings. The summed E-state index contributed by atoms with van der Waals surface area (Å²) in [4.78, 5) is 28.9. The van der Waals surface area contributed by atoms with Gasteiger partial charge in [-0.15, -0.1) is 0 Å². The molecular weight excluding hydrogens is 329 g/mol. The van der Waals surface area contributed by atoms with Crippen LogP contribution in [0.2, 0.25) is 0 Å². The molecule has 7 nitrogen and oxygen atoms in total. The van der Waals surface area contributed by atoms with Crippen LogP contribution >= 0.6 is 0 Å². The second kappa shape index (κ2) is 7.69. The van der Waals surface area contributed by atoms with E-state index in [2.05, 4.69) is 10.2 Å². The highest BCUT2D eigenvalue weighted by Crippen LogP contribution is 2.29. The van der Waals surface area contributed by atoms with Gasteiger partial charge in [0, 0.05) is 11.6 Å². The zero-order chi connectivity index (χ0) is 18.6. The lowest BCUT2D eigenvalue weighted by molar-refractivity contribution is -0.165. The van der Waals surface area contributed by atoms with Crippen LogP contribution in [0.4, 0.5) is 10.1 Å². The van der Waals surface area contributed by atoms with E-state index in [0.717, 1.165) is 0 Å². The maximum atomic E-state index is 14.2. The summed E-state index contributed by atoms with van der Waals surface area (Å²) in [6, 6.07) is 3.51. The van der Waals surface area contributed by atoms with E-state index in [-0.39, 0.29) is 31.4 Å². The number of esters is 1. The predicted octanol–water partition coefficient (Wildman–Crippen LogP) is 3.16. The van der Waals surface area contributed by atoms with Crippen molar-refractivity contribution in [2.45, 2.75) is 40.3 Å². The second-order valence-corrected chi connectivity index (χ2v) is 6.42. The van der Waals surface area contributed by atoms with Crippen LogP contribution in [0.5, 0.6) is 0 Å². The Balaban J connectivity index is 2.03. The Hall–Kier alpha value is -2.35. The van der Waals surface area contributed by atoms with Crippen molar-refractivity contribution in [3.63, 3.8) is 0 Å². The van der Waals surface area contributed by atoms with Gasteiger partial charge in [0.25, 0.3) is 5.91 Å². The van der Waals surface area contributed by atoms with E-state index < -0.39 is 23.2 Å². The van der Waals surface area contributed by atoms with Crippen molar-refractivity contribution in [3.05, 3.63) is 29.6 Å². The van der Waals surface area contributed by atoms with Crippen molar-refractivity contribution < 1.29 is 23.6 Å². The lowest BCUT2D eigenvalue weighted by atomic mass is 9.95. The molecule has 1 amide bonds. The van der Waals surface area contributed by atoms with Crippen LogP contribution < -0.4 is 0 Å². The molecule has 2 rings (SSSR count). The van der Waals surface area contributed by atoms with Gasteiger partial charge in [-0.05, 0) is 33.8 Å². The summed E-state index contributed by atoms with van der Waals surface area (Å²) in [5.74, 6) is -1.20. The normalized spacial score (nSPS) is 18.0. The standard InChI is InChI=1S/C17H22FN3O4/c1-5-24-15(22)11(2)19-20-13-7-6-12(14(18)8-13)9-21-16(23)17(3,4)10-25-21/h6-8,11H,5,9-10H2,1-4H3. The van der Waals surface area contributed by atoms with Crippen molar-refractivity contribution in [3.8, 4) is 0 Å². The van der Waals surface area contributed by atoms with Gasteiger partial charge in [-0.25, -0.2) is 14.2 Å². The maximum Gasteiger partial charge on any atom is 0.332 e. The Labute approximate surface area is 145 Å². The molecule has 1 unspecified atom stereocenters. The zero-order valence-corrected chi connectivity index (χ0v) is 14.8. The van der Waals surface area contributed by atoms with Crippen molar-refractivity contribution in [2.24, 2.45) is 15.6 Å². The van der Waals surface area contributed by atoms with Crippen LogP contribution in [0.3, 0.4) is 0 Å². The molecule has 0 spiro atoms. The van der Waals surface area contributed by atoms with E-state index in [9.17, 15) is 14.0 Å². The smallest absolute Gasteiger partial charge is 0.332 e. The highest BCUT2D eigenvalue weighted by Gasteiger charge is 2.40. The van der Waals surface area contributed by atoms with Crippen molar-refractivity contribution in [2.75, 3.05) is 13.2 Å². The van der Waals surface area contributed by atoms with Gasteiger partial charge in [-0.1, -0.05) is 6.07 Å². The van der Waals surface area contributed by atoms with Crippen LogP contribution in [0.25, 0.3) is 0 Å². The summed E-state index contributed by atoms with van der Waals surface area (Å²) >= 11 is 0. The molecule has 0 aromatic heterocycles. The SMILES string of the molecule is CCOC(=O)C(C)N=Nc1ccc(CN2OCC(C)(C)C2=O)c(F)c1. The third kappa shape index (κ3) is 4.60. The number of nitrogens with zero attached hydrogens (tertiary/aromatic N) is 3. The first-order valence-electron chi connectivity index (χ1n) is 8.05. The Morgan fingerprint density at radius 3 is 2.76 bits per heavy atom. The molecule has 136 valence electrons. The molecular formula is C17H22FN3O4. The number of amides is 1. The molecule has 0 saturated carbocycles. The van der Waals surface area contributed by atoms with Gasteiger partial charge in [-0.2, -0.15) is 10.2 Å². The maximum absolute atomic E-state index is 14.2. The average Bonchev–Trinajstić information content (AvgIpc) is 2.82. The Bertz CT molecular complexity index is 690. The van der Waals surface area contributed by atoms with E-state index >= 15 is 0 Å². The third-order valence-electron chi connectivity index (χ3n) is 3.71. The highest BCUT2D eigenvalue weighted by molar-refractivity contribution is 5.82. The molecule has 0 aliphatic carbocycles. The van der Waals surface area contributed by atoms with Crippen molar-refractivity contribution >= 4 is 17.6 Å². The summed E-state index contributed by atoms with van der Waals surface area (Å²) in [7, 11) is 0. The molecule has 1 aliphatic rings. The molecule has 0 radical (unpaired) electrons.